The number of halogens is 3. The summed E-state index contributed by atoms with van der Waals surface area (Å²) >= 11 is 0. The average molecular weight is 302 g/mol. The molecule has 0 bridgehead atoms. The van der Waals surface area contributed by atoms with Crippen molar-refractivity contribution >= 4 is 5.82 Å². The van der Waals surface area contributed by atoms with Crippen LogP contribution in [0.3, 0.4) is 0 Å². The molecule has 4 nitrogen and oxygen atoms in total. The molecule has 1 aromatic heterocycles. The molecule has 2 heterocycles. The van der Waals surface area contributed by atoms with Gasteiger partial charge >= 0.3 is 6.18 Å². The van der Waals surface area contributed by atoms with E-state index in [0.717, 1.165) is 13.0 Å². The molecule has 1 unspecified atom stereocenters. The first-order valence-corrected chi connectivity index (χ1v) is 7.33. The van der Waals surface area contributed by atoms with E-state index in [1.54, 1.807) is 12.4 Å². The summed E-state index contributed by atoms with van der Waals surface area (Å²) in [5.74, 6) is -0.517. The highest BCUT2D eigenvalue weighted by Gasteiger charge is 2.41. The van der Waals surface area contributed by atoms with Gasteiger partial charge in [-0.15, -0.1) is 0 Å². The van der Waals surface area contributed by atoms with Crippen molar-refractivity contribution in [3.63, 3.8) is 0 Å². The van der Waals surface area contributed by atoms with Gasteiger partial charge in [-0.25, -0.2) is 4.98 Å². The lowest BCUT2D eigenvalue weighted by atomic mass is 9.97. The summed E-state index contributed by atoms with van der Waals surface area (Å²) in [7, 11) is 0. The van der Waals surface area contributed by atoms with E-state index in [0.29, 0.717) is 31.0 Å². The number of anilines is 1. The molecule has 0 amide bonds. The number of aromatic nitrogens is 2. The maximum absolute atomic E-state index is 12.8. The van der Waals surface area contributed by atoms with E-state index in [4.69, 9.17) is 0 Å². The van der Waals surface area contributed by atoms with Crippen LogP contribution in [0.15, 0.2) is 12.4 Å². The Balaban J connectivity index is 1.89. The fraction of sp³-hybridized carbons (Fsp3) is 0.714. The fourth-order valence-corrected chi connectivity index (χ4v) is 2.48. The van der Waals surface area contributed by atoms with Gasteiger partial charge in [0.05, 0.1) is 24.0 Å². The molecule has 7 heteroatoms. The topological polar surface area (TPSA) is 41.1 Å². The number of alkyl halides is 3. The number of piperidine rings is 1. The van der Waals surface area contributed by atoms with Crippen molar-refractivity contribution in [1.82, 2.24) is 14.9 Å². The number of hydrogen-bond acceptors (Lipinski definition) is 4. The Kier molecular flexibility index (Phi) is 5.39. The van der Waals surface area contributed by atoms with Crippen LogP contribution in [0, 0.1) is 5.92 Å². The zero-order valence-electron chi connectivity index (χ0n) is 12.2. The van der Waals surface area contributed by atoms with E-state index in [2.05, 4.69) is 22.2 Å². The summed E-state index contributed by atoms with van der Waals surface area (Å²) in [6, 6.07) is 0. The largest absolute Gasteiger partial charge is 0.393 e. The van der Waals surface area contributed by atoms with Gasteiger partial charge in [0.2, 0.25) is 0 Å². The van der Waals surface area contributed by atoms with E-state index in [1.807, 2.05) is 4.90 Å². The zero-order valence-corrected chi connectivity index (χ0v) is 12.2. The van der Waals surface area contributed by atoms with Crippen LogP contribution in [0.25, 0.3) is 0 Å². The van der Waals surface area contributed by atoms with Gasteiger partial charge in [0.1, 0.15) is 5.82 Å². The SMILES string of the molecule is CCCNc1cnc(CN2CCCC(C(F)(F)F)C2)cn1. The van der Waals surface area contributed by atoms with Crippen LogP contribution in [-0.4, -0.2) is 40.7 Å². The molecule has 118 valence electrons. The van der Waals surface area contributed by atoms with Crippen molar-refractivity contribution in [2.75, 3.05) is 25.0 Å². The van der Waals surface area contributed by atoms with Gasteiger partial charge in [-0.2, -0.15) is 13.2 Å². The third-order valence-corrected chi connectivity index (χ3v) is 3.62. The van der Waals surface area contributed by atoms with Crippen molar-refractivity contribution in [3.8, 4) is 0 Å². The lowest BCUT2D eigenvalue weighted by molar-refractivity contribution is -0.187. The Bertz CT molecular complexity index is 433. The Morgan fingerprint density at radius 3 is 2.76 bits per heavy atom. The third kappa shape index (κ3) is 4.84. The molecule has 1 atom stereocenters. The van der Waals surface area contributed by atoms with Crippen LogP contribution < -0.4 is 5.32 Å². The van der Waals surface area contributed by atoms with Gasteiger partial charge in [0, 0.05) is 19.6 Å². The number of hydrogen-bond donors (Lipinski definition) is 1. The normalized spacial score (nSPS) is 20.5. The molecule has 1 aromatic rings. The molecule has 1 fully saturated rings. The minimum Gasteiger partial charge on any atom is -0.369 e. The summed E-state index contributed by atoms with van der Waals surface area (Å²) < 4.78 is 38.3. The first-order chi connectivity index (χ1) is 9.99. The van der Waals surface area contributed by atoms with E-state index in [1.165, 1.54) is 0 Å². The smallest absolute Gasteiger partial charge is 0.369 e. The minimum absolute atomic E-state index is 0.0566. The van der Waals surface area contributed by atoms with Crippen LogP contribution in [0.4, 0.5) is 19.0 Å². The molecule has 21 heavy (non-hydrogen) atoms. The van der Waals surface area contributed by atoms with E-state index in [9.17, 15) is 13.2 Å². The standard InChI is InChI=1S/C14H21F3N4/c1-2-5-18-13-8-19-12(7-20-13)10-21-6-3-4-11(9-21)14(15,16)17/h7-8,11H,2-6,9-10H2,1H3,(H,18,20). The summed E-state index contributed by atoms with van der Waals surface area (Å²) in [5, 5.41) is 3.12. The van der Waals surface area contributed by atoms with E-state index < -0.39 is 12.1 Å². The van der Waals surface area contributed by atoms with Crippen LogP contribution in [-0.2, 0) is 6.54 Å². The molecule has 1 saturated heterocycles. The Morgan fingerprint density at radius 1 is 1.33 bits per heavy atom. The van der Waals surface area contributed by atoms with Gasteiger partial charge in [-0.3, -0.25) is 9.88 Å². The molecule has 1 N–H and O–H groups in total. The van der Waals surface area contributed by atoms with Crippen molar-refractivity contribution in [2.45, 2.75) is 38.9 Å². The summed E-state index contributed by atoms with van der Waals surface area (Å²) in [4.78, 5) is 10.3. The van der Waals surface area contributed by atoms with Gasteiger partial charge in [-0.05, 0) is 25.8 Å². The van der Waals surface area contributed by atoms with Crippen molar-refractivity contribution < 1.29 is 13.2 Å². The molecule has 0 aliphatic carbocycles. The van der Waals surface area contributed by atoms with Crippen LogP contribution >= 0.6 is 0 Å². The third-order valence-electron chi connectivity index (χ3n) is 3.62. The molecule has 2 rings (SSSR count). The van der Waals surface area contributed by atoms with Gasteiger partial charge < -0.3 is 5.32 Å². The Labute approximate surface area is 122 Å². The van der Waals surface area contributed by atoms with Crippen LogP contribution in [0.5, 0.6) is 0 Å². The second kappa shape index (κ2) is 7.06. The molecule has 0 aromatic carbocycles. The highest BCUT2D eigenvalue weighted by atomic mass is 19.4. The number of likely N-dealkylation sites (tertiary alicyclic amines) is 1. The highest BCUT2D eigenvalue weighted by molar-refractivity contribution is 5.30. The summed E-state index contributed by atoms with van der Waals surface area (Å²) in [6.45, 7) is 4.05. The van der Waals surface area contributed by atoms with Gasteiger partial charge in [0.15, 0.2) is 0 Å². The number of nitrogens with zero attached hydrogens (tertiary/aromatic N) is 3. The molecule has 1 aliphatic heterocycles. The maximum atomic E-state index is 12.8. The van der Waals surface area contributed by atoms with Crippen LogP contribution in [0.2, 0.25) is 0 Å². The molecular weight excluding hydrogens is 281 g/mol. The lowest BCUT2D eigenvalue weighted by Gasteiger charge is -2.33. The van der Waals surface area contributed by atoms with Gasteiger partial charge in [0.25, 0.3) is 0 Å². The first-order valence-electron chi connectivity index (χ1n) is 7.33. The average Bonchev–Trinajstić information content (AvgIpc) is 2.46. The number of nitrogens with one attached hydrogen (secondary N) is 1. The van der Waals surface area contributed by atoms with Gasteiger partial charge in [-0.1, -0.05) is 6.92 Å². The number of rotatable bonds is 5. The maximum Gasteiger partial charge on any atom is 0.393 e. The van der Waals surface area contributed by atoms with Crippen molar-refractivity contribution in [3.05, 3.63) is 18.1 Å². The minimum atomic E-state index is -4.10. The summed E-state index contributed by atoms with van der Waals surface area (Å²) in [6.07, 6.45) is 0.971. The second-order valence-corrected chi connectivity index (χ2v) is 5.44. The predicted molar refractivity (Wildman–Crippen MR) is 74.9 cm³/mol. The highest BCUT2D eigenvalue weighted by Crippen LogP contribution is 2.33. The molecule has 0 saturated carbocycles. The summed E-state index contributed by atoms with van der Waals surface area (Å²) in [5.41, 5.74) is 0.708. The molecule has 1 aliphatic rings. The Hall–Kier alpha value is -1.37. The quantitative estimate of drug-likeness (QED) is 0.907. The van der Waals surface area contributed by atoms with E-state index >= 15 is 0 Å². The Morgan fingerprint density at radius 2 is 2.14 bits per heavy atom. The van der Waals surface area contributed by atoms with Crippen LogP contribution in [0.1, 0.15) is 31.9 Å². The molecule has 0 radical (unpaired) electrons. The molecule has 0 spiro atoms. The zero-order chi connectivity index (χ0) is 15.3. The first kappa shape index (κ1) is 16.0. The monoisotopic (exact) mass is 302 g/mol. The van der Waals surface area contributed by atoms with Crippen molar-refractivity contribution in [2.24, 2.45) is 5.92 Å². The predicted octanol–water partition coefficient (Wildman–Crippen LogP) is 3.07. The lowest BCUT2D eigenvalue weighted by Crippen LogP contribution is -2.41. The fourth-order valence-electron chi connectivity index (χ4n) is 2.48. The molecular formula is C14H21F3N4. The van der Waals surface area contributed by atoms with Crippen molar-refractivity contribution in [1.29, 1.82) is 0 Å². The second-order valence-electron chi connectivity index (χ2n) is 5.44. The van der Waals surface area contributed by atoms with E-state index in [-0.39, 0.29) is 13.0 Å².